The van der Waals surface area contributed by atoms with Crippen LogP contribution in [0.4, 0.5) is 9.93 Å². The molecule has 1 saturated heterocycles. The van der Waals surface area contributed by atoms with Gasteiger partial charge in [-0.3, -0.25) is 0 Å². The largest absolute Gasteiger partial charge is 0.444 e. The first-order chi connectivity index (χ1) is 9.35. The summed E-state index contributed by atoms with van der Waals surface area (Å²) < 4.78 is 5.25. The fourth-order valence-corrected chi connectivity index (χ4v) is 3.00. The molecule has 1 aromatic heterocycles. The molecule has 1 N–H and O–H groups in total. The lowest BCUT2D eigenvalue weighted by Crippen LogP contribution is -2.42. The van der Waals surface area contributed by atoms with Crippen LogP contribution >= 0.6 is 11.3 Å². The van der Waals surface area contributed by atoms with Crippen LogP contribution in [0.15, 0.2) is 0 Å². The van der Waals surface area contributed by atoms with E-state index in [0.29, 0.717) is 6.54 Å². The zero-order valence-electron chi connectivity index (χ0n) is 12.5. The fraction of sp³-hybridized carbons (Fsp3) is 0.769. The Morgan fingerprint density at radius 3 is 2.85 bits per heavy atom. The molecule has 20 heavy (non-hydrogen) atoms. The molecule has 2 heterocycles. The minimum absolute atomic E-state index is 0.273. The number of hydrogen-bond acceptors (Lipinski definition) is 6. The second-order valence-corrected chi connectivity index (χ2v) is 7.14. The van der Waals surface area contributed by atoms with Gasteiger partial charge in [0.2, 0.25) is 5.13 Å². The third-order valence-electron chi connectivity index (χ3n) is 3.02. The highest BCUT2D eigenvalue weighted by molar-refractivity contribution is 7.15. The molecule has 0 bridgehead atoms. The van der Waals surface area contributed by atoms with Crippen molar-refractivity contribution in [2.24, 2.45) is 0 Å². The molecular formula is C13H22N4O2S. The number of rotatable bonds is 3. The molecule has 0 aromatic carbocycles. The average molecular weight is 298 g/mol. The Kier molecular flexibility index (Phi) is 4.47. The molecule has 1 aromatic rings. The lowest BCUT2D eigenvalue weighted by atomic mass is 10.2. The molecular weight excluding hydrogens is 276 g/mol. The maximum atomic E-state index is 11.7. The van der Waals surface area contributed by atoms with Crippen LogP contribution in [-0.2, 0) is 4.74 Å². The predicted molar refractivity (Wildman–Crippen MR) is 79.3 cm³/mol. The van der Waals surface area contributed by atoms with Crippen molar-refractivity contribution < 1.29 is 9.53 Å². The van der Waals surface area contributed by atoms with Crippen LogP contribution in [0.25, 0.3) is 0 Å². The number of amides is 1. The highest BCUT2D eigenvalue weighted by Gasteiger charge is 2.28. The third-order valence-corrected chi connectivity index (χ3v) is 3.89. The van der Waals surface area contributed by atoms with Crippen LogP contribution < -0.4 is 10.2 Å². The Bertz CT molecular complexity index is 469. The van der Waals surface area contributed by atoms with Gasteiger partial charge >= 0.3 is 6.09 Å². The summed E-state index contributed by atoms with van der Waals surface area (Å²) in [6.07, 6.45) is 1.80. The van der Waals surface area contributed by atoms with Gasteiger partial charge in [0.15, 0.2) is 0 Å². The summed E-state index contributed by atoms with van der Waals surface area (Å²) in [5, 5.41) is 13.0. The fourth-order valence-electron chi connectivity index (χ4n) is 2.22. The van der Waals surface area contributed by atoms with E-state index in [9.17, 15) is 4.79 Å². The molecule has 0 saturated carbocycles. The molecule has 6 nitrogen and oxygen atoms in total. The Morgan fingerprint density at radius 1 is 1.50 bits per heavy atom. The van der Waals surface area contributed by atoms with Crippen LogP contribution in [0.2, 0.25) is 0 Å². The maximum absolute atomic E-state index is 11.7. The van der Waals surface area contributed by atoms with E-state index in [1.54, 1.807) is 11.3 Å². The standard InChI is InChI=1S/C13H22N4O2S/c1-9-15-16-11(20-9)17-7-5-6-10(17)8-14-12(18)19-13(2,3)4/h10H,5-8H2,1-4H3,(H,14,18)/t10-/m0/s1. The van der Waals surface area contributed by atoms with E-state index < -0.39 is 5.60 Å². The van der Waals surface area contributed by atoms with E-state index in [1.165, 1.54) is 0 Å². The summed E-state index contributed by atoms with van der Waals surface area (Å²) in [5.41, 5.74) is -0.463. The third kappa shape index (κ3) is 4.06. The van der Waals surface area contributed by atoms with Crippen molar-refractivity contribution in [2.75, 3.05) is 18.0 Å². The minimum Gasteiger partial charge on any atom is -0.444 e. The molecule has 1 aliphatic heterocycles. The van der Waals surface area contributed by atoms with Gasteiger partial charge in [-0.05, 0) is 40.5 Å². The summed E-state index contributed by atoms with van der Waals surface area (Å²) in [7, 11) is 0. The van der Waals surface area contributed by atoms with Crippen molar-refractivity contribution in [3.8, 4) is 0 Å². The van der Waals surface area contributed by atoms with Gasteiger partial charge in [-0.15, -0.1) is 10.2 Å². The van der Waals surface area contributed by atoms with E-state index in [0.717, 1.165) is 29.5 Å². The monoisotopic (exact) mass is 298 g/mol. The van der Waals surface area contributed by atoms with Crippen molar-refractivity contribution >= 4 is 22.6 Å². The van der Waals surface area contributed by atoms with Gasteiger partial charge in [-0.1, -0.05) is 11.3 Å². The van der Waals surface area contributed by atoms with Gasteiger partial charge in [0.1, 0.15) is 10.6 Å². The minimum atomic E-state index is -0.463. The lowest BCUT2D eigenvalue weighted by Gasteiger charge is -2.25. The van der Waals surface area contributed by atoms with E-state index in [-0.39, 0.29) is 12.1 Å². The number of hydrogen-bond donors (Lipinski definition) is 1. The molecule has 0 radical (unpaired) electrons. The van der Waals surface area contributed by atoms with Gasteiger partial charge in [0.25, 0.3) is 0 Å². The number of aromatic nitrogens is 2. The number of nitrogens with zero attached hydrogens (tertiary/aromatic N) is 3. The first-order valence-electron chi connectivity index (χ1n) is 6.89. The van der Waals surface area contributed by atoms with Gasteiger partial charge in [-0.25, -0.2) is 4.79 Å². The molecule has 7 heteroatoms. The van der Waals surface area contributed by atoms with Crippen LogP contribution in [0.1, 0.15) is 38.6 Å². The zero-order valence-corrected chi connectivity index (χ0v) is 13.3. The lowest BCUT2D eigenvalue weighted by molar-refractivity contribution is 0.0525. The van der Waals surface area contributed by atoms with Crippen molar-refractivity contribution in [3.05, 3.63) is 5.01 Å². The summed E-state index contributed by atoms with van der Waals surface area (Å²) in [6, 6.07) is 0.273. The van der Waals surface area contributed by atoms with Gasteiger partial charge in [0, 0.05) is 19.1 Å². The molecule has 1 fully saturated rings. The molecule has 1 atom stereocenters. The maximum Gasteiger partial charge on any atom is 0.407 e. The summed E-state index contributed by atoms with van der Waals surface area (Å²) in [4.78, 5) is 13.9. The number of carbonyl (C=O) groups is 1. The van der Waals surface area contributed by atoms with E-state index in [1.807, 2.05) is 27.7 Å². The Balaban J connectivity index is 1.87. The van der Waals surface area contributed by atoms with E-state index >= 15 is 0 Å². The number of nitrogens with one attached hydrogen (secondary N) is 1. The smallest absolute Gasteiger partial charge is 0.407 e. The van der Waals surface area contributed by atoms with Crippen LogP contribution in [0.5, 0.6) is 0 Å². The number of carbonyl (C=O) groups excluding carboxylic acids is 1. The molecule has 2 rings (SSSR count). The Hall–Kier alpha value is -1.37. The number of ether oxygens (including phenoxy) is 1. The first-order valence-corrected chi connectivity index (χ1v) is 7.70. The topological polar surface area (TPSA) is 67.4 Å². The molecule has 0 unspecified atom stereocenters. The first kappa shape index (κ1) is 15.0. The second kappa shape index (κ2) is 5.95. The van der Waals surface area contributed by atoms with Gasteiger partial charge < -0.3 is 15.0 Å². The molecule has 112 valence electrons. The molecule has 0 aliphatic carbocycles. The Labute approximate surface area is 123 Å². The predicted octanol–water partition coefficient (Wildman–Crippen LogP) is 2.34. The van der Waals surface area contributed by atoms with Crippen LogP contribution in [0.3, 0.4) is 0 Å². The normalized spacial score (nSPS) is 19.2. The van der Waals surface area contributed by atoms with E-state index in [4.69, 9.17) is 4.74 Å². The highest BCUT2D eigenvalue weighted by Crippen LogP contribution is 2.27. The van der Waals surface area contributed by atoms with Crippen LogP contribution in [0, 0.1) is 6.92 Å². The van der Waals surface area contributed by atoms with Gasteiger partial charge in [0.05, 0.1) is 0 Å². The summed E-state index contributed by atoms with van der Waals surface area (Å²) >= 11 is 1.59. The molecule has 0 spiro atoms. The SMILES string of the molecule is Cc1nnc(N2CCC[C@H]2CNC(=O)OC(C)(C)C)s1. The summed E-state index contributed by atoms with van der Waals surface area (Å²) in [5.74, 6) is 0. The van der Waals surface area contributed by atoms with Gasteiger partial charge in [-0.2, -0.15) is 0 Å². The number of alkyl carbamates (subject to hydrolysis) is 1. The number of anilines is 1. The van der Waals surface area contributed by atoms with Crippen molar-refractivity contribution in [1.82, 2.24) is 15.5 Å². The zero-order chi connectivity index (χ0) is 14.8. The van der Waals surface area contributed by atoms with Crippen molar-refractivity contribution in [2.45, 2.75) is 52.2 Å². The Morgan fingerprint density at radius 2 is 2.25 bits per heavy atom. The number of aryl methyl sites for hydroxylation is 1. The van der Waals surface area contributed by atoms with Crippen LogP contribution in [-0.4, -0.2) is 41.0 Å². The molecule has 1 aliphatic rings. The van der Waals surface area contributed by atoms with Crippen molar-refractivity contribution in [3.63, 3.8) is 0 Å². The average Bonchev–Trinajstić information content (AvgIpc) is 2.92. The second-order valence-electron chi connectivity index (χ2n) is 5.98. The summed E-state index contributed by atoms with van der Waals surface area (Å²) in [6.45, 7) is 9.07. The quantitative estimate of drug-likeness (QED) is 0.927. The van der Waals surface area contributed by atoms with Crippen molar-refractivity contribution in [1.29, 1.82) is 0 Å². The highest BCUT2D eigenvalue weighted by atomic mass is 32.1. The van der Waals surface area contributed by atoms with E-state index in [2.05, 4.69) is 20.4 Å². The molecule has 1 amide bonds.